The fraction of sp³-hybridized carbons (Fsp3) is 0.286. The maximum Gasteiger partial charge on any atom is 0.372 e. The smallest absolute Gasteiger partial charge is 0.372 e. The second-order valence-corrected chi connectivity index (χ2v) is 4.44. The summed E-state index contributed by atoms with van der Waals surface area (Å²) in [7, 11) is 2.93. The highest BCUT2D eigenvalue weighted by atomic mass is 16.6. The Bertz CT molecular complexity index is 673. The van der Waals surface area contributed by atoms with Crippen molar-refractivity contribution >= 4 is 11.5 Å². The summed E-state index contributed by atoms with van der Waals surface area (Å²) in [6.45, 7) is 2.02. The van der Waals surface area contributed by atoms with E-state index in [4.69, 9.17) is 9.47 Å². The molecule has 0 aliphatic heterocycles. The molecule has 0 aliphatic rings. The number of aromatic nitrogens is 2. The topological polar surface area (TPSA) is 99.4 Å². The molecule has 0 spiro atoms. The molecule has 0 fully saturated rings. The summed E-state index contributed by atoms with van der Waals surface area (Å²) >= 11 is 0. The zero-order chi connectivity index (χ0) is 16.1. The minimum Gasteiger partial charge on any atom is -0.497 e. The predicted molar refractivity (Wildman–Crippen MR) is 80.3 cm³/mol. The quantitative estimate of drug-likeness (QED) is 0.645. The highest BCUT2D eigenvalue weighted by molar-refractivity contribution is 5.61. The van der Waals surface area contributed by atoms with Crippen LogP contribution in [0.25, 0.3) is 0 Å². The number of hydrogen-bond donors (Lipinski definition) is 1. The number of anilines is 1. The van der Waals surface area contributed by atoms with Gasteiger partial charge in [-0.15, -0.1) is 0 Å². The van der Waals surface area contributed by atoms with Crippen LogP contribution in [0.5, 0.6) is 11.6 Å². The van der Waals surface area contributed by atoms with Gasteiger partial charge in [0.25, 0.3) is 5.88 Å². The first-order chi connectivity index (χ1) is 10.5. The number of aryl methyl sites for hydroxylation is 1. The molecule has 1 N–H and O–H groups in total. The van der Waals surface area contributed by atoms with Crippen molar-refractivity contribution in [2.45, 2.75) is 13.5 Å². The van der Waals surface area contributed by atoms with E-state index in [0.717, 1.165) is 11.3 Å². The van der Waals surface area contributed by atoms with Crippen LogP contribution in [0, 0.1) is 17.0 Å². The molecule has 116 valence electrons. The van der Waals surface area contributed by atoms with Gasteiger partial charge in [0.1, 0.15) is 11.6 Å². The van der Waals surface area contributed by atoms with Crippen LogP contribution < -0.4 is 14.8 Å². The van der Waals surface area contributed by atoms with Crippen LogP contribution in [0.15, 0.2) is 24.3 Å². The maximum absolute atomic E-state index is 11.2. The van der Waals surface area contributed by atoms with Crippen LogP contribution in [0.4, 0.5) is 11.5 Å². The third-order valence-electron chi connectivity index (χ3n) is 2.96. The lowest BCUT2D eigenvalue weighted by Crippen LogP contribution is -2.08. The molecule has 2 rings (SSSR count). The number of methoxy groups -OCH3 is 2. The lowest BCUT2D eigenvalue weighted by atomic mass is 10.2. The van der Waals surface area contributed by atoms with Gasteiger partial charge in [-0.05, 0) is 24.6 Å². The summed E-state index contributed by atoms with van der Waals surface area (Å²) in [5.41, 5.74) is 0.659. The molecule has 1 heterocycles. The summed E-state index contributed by atoms with van der Waals surface area (Å²) in [6.07, 6.45) is 0. The van der Waals surface area contributed by atoms with Gasteiger partial charge in [-0.1, -0.05) is 12.1 Å². The second kappa shape index (κ2) is 6.70. The van der Waals surface area contributed by atoms with Gasteiger partial charge in [-0.2, -0.15) is 4.98 Å². The zero-order valence-corrected chi connectivity index (χ0v) is 12.5. The van der Waals surface area contributed by atoms with E-state index >= 15 is 0 Å². The Labute approximate surface area is 127 Å². The van der Waals surface area contributed by atoms with Crippen molar-refractivity contribution in [2.24, 2.45) is 0 Å². The van der Waals surface area contributed by atoms with E-state index in [1.54, 1.807) is 14.0 Å². The summed E-state index contributed by atoms with van der Waals surface area (Å²) < 4.78 is 10.0. The fourth-order valence-electron chi connectivity index (χ4n) is 1.90. The Balaban J connectivity index is 2.24. The minimum atomic E-state index is -0.561. The van der Waals surface area contributed by atoms with Gasteiger partial charge < -0.3 is 14.8 Å². The summed E-state index contributed by atoms with van der Waals surface area (Å²) in [6, 6.07) is 7.36. The van der Waals surface area contributed by atoms with E-state index in [1.807, 2.05) is 24.3 Å². The third kappa shape index (κ3) is 3.40. The fourth-order valence-corrected chi connectivity index (χ4v) is 1.90. The minimum absolute atomic E-state index is 0.0604. The summed E-state index contributed by atoms with van der Waals surface area (Å²) in [4.78, 5) is 18.6. The maximum atomic E-state index is 11.2. The molecule has 0 bridgehead atoms. The molecule has 2 aromatic rings. The molecule has 8 heteroatoms. The molecule has 0 saturated heterocycles. The van der Waals surface area contributed by atoms with Crippen LogP contribution in [-0.4, -0.2) is 29.1 Å². The Morgan fingerprint density at radius 2 is 1.86 bits per heavy atom. The van der Waals surface area contributed by atoms with Gasteiger partial charge in [-0.25, -0.2) is 4.98 Å². The Morgan fingerprint density at radius 1 is 1.18 bits per heavy atom. The van der Waals surface area contributed by atoms with Crippen molar-refractivity contribution in [3.63, 3.8) is 0 Å². The van der Waals surface area contributed by atoms with Crippen LogP contribution in [0.2, 0.25) is 0 Å². The summed E-state index contributed by atoms with van der Waals surface area (Å²) in [5, 5.41) is 14.1. The highest BCUT2D eigenvalue weighted by Crippen LogP contribution is 2.31. The Morgan fingerprint density at radius 3 is 2.41 bits per heavy atom. The Kier molecular flexibility index (Phi) is 4.72. The van der Waals surface area contributed by atoms with E-state index < -0.39 is 4.92 Å². The van der Waals surface area contributed by atoms with Crippen molar-refractivity contribution in [1.82, 2.24) is 9.97 Å². The van der Waals surface area contributed by atoms with Crippen LogP contribution in [0.1, 0.15) is 11.4 Å². The van der Waals surface area contributed by atoms with Gasteiger partial charge in [0.2, 0.25) is 5.82 Å². The van der Waals surface area contributed by atoms with Gasteiger partial charge in [0.15, 0.2) is 0 Å². The van der Waals surface area contributed by atoms with E-state index in [-0.39, 0.29) is 17.4 Å². The molecule has 0 unspecified atom stereocenters. The number of ether oxygens (including phenoxy) is 2. The number of hydrogen-bond acceptors (Lipinski definition) is 7. The number of nitrogens with zero attached hydrogens (tertiary/aromatic N) is 3. The monoisotopic (exact) mass is 304 g/mol. The number of rotatable bonds is 6. The first-order valence-corrected chi connectivity index (χ1v) is 6.49. The molecular formula is C14H16N4O4. The predicted octanol–water partition coefficient (Wildman–Crippen LogP) is 2.32. The van der Waals surface area contributed by atoms with Crippen molar-refractivity contribution in [3.8, 4) is 11.6 Å². The van der Waals surface area contributed by atoms with E-state index in [0.29, 0.717) is 12.4 Å². The SMILES string of the molecule is COc1ccc(CNc2nc(C)nc(OC)c2[N+](=O)[O-])cc1. The molecule has 0 atom stereocenters. The van der Waals surface area contributed by atoms with E-state index in [1.165, 1.54) is 7.11 Å². The number of nitrogens with one attached hydrogen (secondary N) is 1. The average Bonchev–Trinajstić information content (AvgIpc) is 2.52. The first kappa shape index (κ1) is 15.5. The Hall–Kier alpha value is -2.90. The van der Waals surface area contributed by atoms with Gasteiger partial charge in [0, 0.05) is 6.54 Å². The van der Waals surface area contributed by atoms with Crippen molar-refractivity contribution < 1.29 is 14.4 Å². The van der Waals surface area contributed by atoms with Gasteiger partial charge in [-0.3, -0.25) is 10.1 Å². The van der Waals surface area contributed by atoms with Gasteiger partial charge >= 0.3 is 5.69 Å². The molecule has 0 amide bonds. The van der Waals surface area contributed by atoms with Crippen LogP contribution in [-0.2, 0) is 6.54 Å². The largest absolute Gasteiger partial charge is 0.497 e. The summed E-state index contributed by atoms with van der Waals surface area (Å²) in [5.74, 6) is 1.20. The highest BCUT2D eigenvalue weighted by Gasteiger charge is 2.24. The molecule has 0 radical (unpaired) electrons. The van der Waals surface area contributed by atoms with E-state index in [2.05, 4.69) is 15.3 Å². The molecule has 22 heavy (non-hydrogen) atoms. The lowest BCUT2D eigenvalue weighted by molar-refractivity contribution is -0.385. The zero-order valence-electron chi connectivity index (χ0n) is 12.5. The van der Waals surface area contributed by atoms with Crippen LogP contribution in [0.3, 0.4) is 0 Å². The second-order valence-electron chi connectivity index (χ2n) is 4.44. The van der Waals surface area contributed by atoms with Crippen LogP contribution >= 0.6 is 0 Å². The molecule has 1 aromatic heterocycles. The first-order valence-electron chi connectivity index (χ1n) is 6.49. The normalized spacial score (nSPS) is 10.1. The lowest BCUT2D eigenvalue weighted by Gasteiger charge is -2.09. The number of benzene rings is 1. The average molecular weight is 304 g/mol. The number of nitro groups is 1. The van der Waals surface area contributed by atoms with Crippen molar-refractivity contribution in [1.29, 1.82) is 0 Å². The molecule has 8 nitrogen and oxygen atoms in total. The van der Waals surface area contributed by atoms with Crippen molar-refractivity contribution in [2.75, 3.05) is 19.5 Å². The van der Waals surface area contributed by atoms with Crippen molar-refractivity contribution in [3.05, 3.63) is 45.8 Å². The molecule has 1 aromatic carbocycles. The van der Waals surface area contributed by atoms with Gasteiger partial charge in [0.05, 0.1) is 19.1 Å². The van der Waals surface area contributed by atoms with E-state index in [9.17, 15) is 10.1 Å². The molecule has 0 saturated carbocycles. The molecule has 0 aliphatic carbocycles. The molecular weight excluding hydrogens is 288 g/mol. The third-order valence-corrected chi connectivity index (χ3v) is 2.96. The standard InChI is InChI=1S/C14H16N4O4/c1-9-16-13(12(18(19)20)14(17-9)22-3)15-8-10-4-6-11(21-2)7-5-10/h4-7H,8H2,1-3H3,(H,15,16,17).